The van der Waals surface area contributed by atoms with Crippen molar-refractivity contribution >= 4 is 5.96 Å². The second kappa shape index (κ2) is 5.10. The van der Waals surface area contributed by atoms with Gasteiger partial charge in [0.05, 0.1) is 6.04 Å². The molecule has 3 rings (SSSR count). The predicted octanol–water partition coefficient (Wildman–Crippen LogP) is 2.91. The lowest BCUT2D eigenvalue weighted by molar-refractivity contribution is 0.209. The molecule has 2 saturated heterocycles. The van der Waals surface area contributed by atoms with Gasteiger partial charge in [-0.3, -0.25) is 0 Å². The average Bonchev–Trinajstić information content (AvgIpc) is 2.73. The molecule has 2 fully saturated rings. The van der Waals surface area contributed by atoms with Gasteiger partial charge in [0, 0.05) is 18.1 Å². The first-order valence-electron chi connectivity index (χ1n) is 7.90. The Bertz CT molecular complexity index is 326. The zero-order chi connectivity index (χ0) is 12.5. The minimum absolute atomic E-state index is 0.587. The number of unbranched alkanes of at least 4 members (excludes halogenated alkanes) is 2. The Labute approximate surface area is 111 Å². The summed E-state index contributed by atoms with van der Waals surface area (Å²) in [6.45, 7) is 4.58. The molecule has 0 aromatic rings. The van der Waals surface area contributed by atoms with Crippen molar-refractivity contribution in [2.75, 3.05) is 0 Å². The molecule has 0 bridgehead atoms. The lowest BCUT2D eigenvalue weighted by Crippen LogP contribution is -2.59. The first-order valence-corrected chi connectivity index (χ1v) is 7.90. The second-order valence-electron chi connectivity index (χ2n) is 6.41. The van der Waals surface area contributed by atoms with Crippen LogP contribution in [0.15, 0.2) is 4.99 Å². The van der Waals surface area contributed by atoms with Crippen LogP contribution >= 0.6 is 0 Å². The fraction of sp³-hybridized carbons (Fsp3) is 0.933. The van der Waals surface area contributed by atoms with Crippen LogP contribution in [0.5, 0.6) is 0 Å². The van der Waals surface area contributed by atoms with Gasteiger partial charge in [0.25, 0.3) is 0 Å². The maximum atomic E-state index is 5.00. The van der Waals surface area contributed by atoms with Crippen LogP contribution in [0.4, 0.5) is 0 Å². The van der Waals surface area contributed by atoms with E-state index >= 15 is 0 Å². The molecule has 0 spiro atoms. The Kier molecular flexibility index (Phi) is 3.49. The van der Waals surface area contributed by atoms with Crippen LogP contribution in [-0.4, -0.2) is 35.0 Å². The Morgan fingerprint density at radius 3 is 2.78 bits per heavy atom. The molecule has 0 aliphatic carbocycles. The molecule has 0 saturated carbocycles. The normalized spacial score (nSPS) is 38.1. The topological polar surface area (TPSA) is 27.6 Å². The maximum absolute atomic E-state index is 5.00. The second-order valence-corrected chi connectivity index (χ2v) is 6.41. The molecular formula is C15H27N3. The van der Waals surface area contributed by atoms with Crippen molar-refractivity contribution in [3.05, 3.63) is 0 Å². The molecule has 102 valence electrons. The van der Waals surface area contributed by atoms with E-state index in [1.54, 1.807) is 0 Å². The van der Waals surface area contributed by atoms with Gasteiger partial charge in [-0.15, -0.1) is 0 Å². The molecule has 3 aliphatic heterocycles. The van der Waals surface area contributed by atoms with Gasteiger partial charge < -0.3 is 10.2 Å². The van der Waals surface area contributed by atoms with E-state index in [-0.39, 0.29) is 0 Å². The van der Waals surface area contributed by atoms with Crippen LogP contribution in [-0.2, 0) is 0 Å². The van der Waals surface area contributed by atoms with E-state index in [0.29, 0.717) is 12.1 Å². The number of guanidine groups is 1. The van der Waals surface area contributed by atoms with E-state index in [1.165, 1.54) is 57.3 Å². The standard InChI is InChI=1S/C15H27N3/c1-3-4-5-6-12-10-14-8-7-13-9-11(2)16-15(17-12)18(13)14/h11-14H,3-10H2,1-2H3,(H,16,17). The van der Waals surface area contributed by atoms with Crippen molar-refractivity contribution in [2.24, 2.45) is 4.99 Å². The van der Waals surface area contributed by atoms with E-state index in [2.05, 4.69) is 24.1 Å². The highest BCUT2D eigenvalue weighted by molar-refractivity contribution is 5.83. The summed E-state index contributed by atoms with van der Waals surface area (Å²) in [6, 6.07) is 2.76. The summed E-state index contributed by atoms with van der Waals surface area (Å²) in [5.74, 6) is 1.23. The highest BCUT2D eigenvalue weighted by Crippen LogP contribution is 2.36. The lowest BCUT2D eigenvalue weighted by atomic mass is 9.98. The van der Waals surface area contributed by atoms with Gasteiger partial charge in [-0.2, -0.15) is 0 Å². The van der Waals surface area contributed by atoms with Gasteiger partial charge in [-0.25, -0.2) is 4.99 Å². The van der Waals surface area contributed by atoms with Gasteiger partial charge in [-0.1, -0.05) is 26.2 Å². The highest BCUT2D eigenvalue weighted by atomic mass is 15.4. The summed E-state index contributed by atoms with van der Waals surface area (Å²) < 4.78 is 0. The van der Waals surface area contributed by atoms with Crippen molar-refractivity contribution in [1.29, 1.82) is 0 Å². The Morgan fingerprint density at radius 1 is 1.22 bits per heavy atom. The van der Waals surface area contributed by atoms with Crippen LogP contribution in [0.2, 0.25) is 0 Å². The van der Waals surface area contributed by atoms with Gasteiger partial charge in [0.1, 0.15) is 0 Å². The Hall–Kier alpha value is -0.730. The molecule has 0 amide bonds. The van der Waals surface area contributed by atoms with Crippen molar-refractivity contribution in [3.8, 4) is 0 Å². The van der Waals surface area contributed by atoms with E-state index in [0.717, 1.165) is 12.1 Å². The van der Waals surface area contributed by atoms with Crippen molar-refractivity contribution in [3.63, 3.8) is 0 Å². The number of hydrogen-bond donors (Lipinski definition) is 1. The number of nitrogens with one attached hydrogen (secondary N) is 1. The number of rotatable bonds is 4. The molecule has 1 N–H and O–H groups in total. The van der Waals surface area contributed by atoms with E-state index in [9.17, 15) is 0 Å². The number of nitrogens with zero attached hydrogens (tertiary/aromatic N) is 2. The molecule has 3 heterocycles. The summed E-state index contributed by atoms with van der Waals surface area (Å²) in [5.41, 5.74) is 0. The first-order chi connectivity index (χ1) is 8.78. The van der Waals surface area contributed by atoms with Gasteiger partial charge >= 0.3 is 0 Å². The molecule has 3 heteroatoms. The summed E-state index contributed by atoms with van der Waals surface area (Å²) >= 11 is 0. The van der Waals surface area contributed by atoms with Crippen molar-refractivity contribution in [2.45, 2.75) is 89.4 Å². The van der Waals surface area contributed by atoms with Crippen LogP contribution in [0, 0.1) is 0 Å². The molecular weight excluding hydrogens is 222 g/mol. The summed E-state index contributed by atoms with van der Waals surface area (Å²) in [5, 5.41) is 3.62. The van der Waals surface area contributed by atoms with E-state index in [4.69, 9.17) is 4.99 Å². The molecule has 0 radical (unpaired) electrons. The first kappa shape index (κ1) is 12.3. The van der Waals surface area contributed by atoms with Crippen LogP contribution in [0.3, 0.4) is 0 Å². The van der Waals surface area contributed by atoms with Crippen LogP contribution in [0.25, 0.3) is 0 Å². The molecule has 0 aromatic heterocycles. The third-order valence-corrected chi connectivity index (χ3v) is 4.86. The fourth-order valence-corrected chi connectivity index (χ4v) is 3.99. The largest absolute Gasteiger partial charge is 0.354 e. The van der Waals surface area contributed by atoms with Crippen LogP contribution in [0.1, 0.15) is 65.2 Å². The quantitative estimate of drug-likeness (QED) is 0.776. The van der Waals surface area contributed by atoms with Gasteiger partial charge in [-0.05, 0) is 39.0 Å². The average molecular weight is 249 g/mol. The minimum atomic E-state index is 0.587. The molecule has 4 atom stereocenters. The Balaban J connectivity index is 1.69. The molecule has 3 aliphatic rings. The minimum Gasteiger partial charge on any atom is -0.354 e. The Morgan fingerprint density at radius 2 is 2.00 bits per heavy atom. The third kappa shape index (κ3) is 2.24. The summed E-state index contributed by atoms with van der Waals surface area (Å²) in [4.78, 5) is 7.61. The number of hydrogen-bond acceptors (Lipinski definition) is 3. The summed E-state index contributed by atoms with van der Waals surface area (Å²) in [6.07, 6.45) is 10.7. The monoisotopic (exact) mass is 249 g/mol. The predicted molar refractivity (Wildman–Crippen MR) is 75.8 cm³/mol. The molecule has 4 unspecified atom stereocenters. The summed E-state index contributed by atoms with van der Waals surface area (Å²) in [7, 11) is 0. The van der Waals surface area contributed by atoms with Crippen molar-refractivity contribution < 1.29 is 0 Å². The number of aliphatic imine (C=N–C) groups is 1. The van der Waals surface area contributed by atoms with E-state index < -0.39 is 0 Å². The highest BCUT2D eigenvalue weighted by Gasteiger charge is 2.43. The molecule has 3 nitrogen and oxygen atoms in total. The fourth-order valence-electron chi connectivity index (χ4n) is 3.99. The maximum Gasteiger partial charge on any atom is 0.194 e. The zero-order valence-electron chi connectivity index (χ0n) is 11.9. The van der Waals surface area contributed by atoms with Gasteiger partial charge in [0.2, 0.25) is 0 Å². The lowest BCUT2D eigenvalue weighted by Gasteiger charge is -2.44. The molecule has 18 heavy (non-hydrogen) atoms. The zero-order valence-corrected chi connectivity index (χ0v) is 11.9. The van der Waals surface area contributed by atoms with Crippen molar-refractivity contribution in [1.82, 2.24) is 10.2 Å². The molecule has 0 aromatic carbocycles. The SMILES string of the molecule is CCCCCC1CC2CCC3CC(C)NC(=N1)N23. The van der Waals surface area contributed by atoms with Crippen LogP contribution < -0.4 is 5.32 Å². The van der Waals surface area contributed by atoms with Gasteiger partial charge in [0.15, 0.2) is 5.96 Å². The third-order valence-electron chi connectivity index (χ3n) is 4.86. The van der Waals surface area contributed by atoms with E-state index in [1.807, 2.05) is 0 Å². The smallest absolute Gasteiger partial charge is 0.194 e.